The zero-order valence-corrected chi connectivity index (χ0v) is 17.5. The minimum Gasteiger partial charge on any atom is -0.494 e. The van der Waals surface area contributed by atoms with Gasteiger partial charge in [0.25, 0.3) is 0 Å². The van der Waals surface area contributed by atoms with Gasteiger partial charge in [0, 0.05) is 36.6 Å². The van der Waals surface area contributed by atoms with Crippen molar-refractivity contribution < 1.29 is 22.3 Å². The molecule has 6 nitrogen and oxygen atoms in total. The van der Waals surface area contributed by atoms with Gasteiger partial charge in [0.05, 0.1) is 16.9 Å². The van der Waals surface area contributed by atoms with E-state index in [4.69, 9.17) is 4.74 Å². The molecule has 0 radical (unpaired) electrons. The third kappa shape index (κ3) is 4.20. The maximum atomic E-state index is 13.6. The first-order chi connectivity index (χ1) is 14.9. The molecule has 0 N–H and O–H groups in total. The van der Waals surface area contributed by atoms with Crippen LogP contribution in [-0.2, 0) is 16.3 Å². The summed E-state index contributed by atoms with van der Waals surface area (Å²) in [5.41, 5.74) is 2.20. The largest absolute Gasteiger partial charge is 0.494 e. The van der Waals surface area contributed by atoms with Crippen LogP contribution in [0.25, 0.3) is 5.65 Å². The molecule has 0 fully saturated rings. The molecule has 0 saturated heterocycles. The van der Waals surface area contributed by atoms with E-state index in [2.05, 4.69) is 4.98 Å². The van der Waals surface area contributed by atoms with Crippen molar-refractivity contribution in [3.63, 3.8) is 0 Å². The predicted octanol–water partition coefficient (Wildman–Crippen LogP) is 4.13. The number of carbonyl (C=O) groups is 1. The standard InChI is InChI=1S/C23H19FN2O4S/c1-30-22-14-19(8-9-20(22)24)31(28,29)18-6-2-16(3-7-18)4-10-21(27)17-5-11-23-25-12-13-26(23)15-17/h2-3,5-9,11-15H,4,10H2,1H3. The Balaban J connectivity index is 1.47. The van der Waals surface area contributed by atoms with Gasteiger partial charge in [-0.1, -0.05) is 12.1 Å². The number of ether oxygens (including phenoxy) is 1. The van der Waals surface area contributed by atoms with Gasteiger partial charge in [-0.15, -0.1) is 0 Å². The fourth-order valence-corrected chi connectivity index (χ4v) is 4.54. The quantitative estimate of drug-likeness (QED) is 0.320. The molecule has 0 aliphatic heterocycles. The number of hydrogen-bond acceptors (Lipinski definition) is 5. The molecule has 0 aliphatic carbocycles. The Morgan fingerprint density at radius 1 is 1.06 bits per heavy atom. The van der Waals surface area contributed by atoms with Crippen LogP contribution >= 0.6 is 0 Å². The van der Waals surface area contributed by atoms with Crippen molar-refractivity contribution in [2.24, 2.45) is 0 Å². The number of aromatic nitrogens is 2. The summed E-state index contributed by atoms with van der Waals surface area (Å²) in [6.07, 6.45) is 5.97. The summed E-state index contributed by atoms with van der Waals surface area (Å²) in [5.74, 6) is -0.774. The first-order valence-corrected chi connectivity index (χ1v) is 11.0. The number of Topliss-reactive ketones (excluding diaryl/α,β-unsaturated/α-hetero) is 1. The Kier molecular flexibility index (Phi) is 5.56. The van der Waals surface area contributed by atoms with Crippen LogP contribution in [0, 0.1) is 5.82 Å². The highest BCUT2D eigenvalue weighted by molar-refractivity contribution is 7.91. The number of methoxy groups -OCH3 is 1. The lowest BCUT2D eigenvalue weighted by molar-refractivity contribution is 0.0982. The second-order valence-electron chi connectivity index (χ2n) is 6.98. The molecule has 158 valence electrons. The number of aryl methyl sites for hydroxylation is 1. The van der Waals surface area contributed by atoms with Crippen LogP contribution in [0.4, 0.5) is 4.39 Å². The summed E-state index contributed by atoms with van der Waals surface area (Å²) in [7, 11) is -2.54. The lowest BCUT2D eigenvalue weighted by Gasteiger charge is -2.08. The molecule has 0 unspecified atom stereocenters. The van der Waals surface area contributed by atoms with Crippen LogP contribution in [0.15, 0.2) is 83.0 Å². The molecule has 31 heavy (non-hydrogen) atoms. The first-order valence-electron chi connectivity index (χ1n) is 9.52. The average Bonchev–Trinajstić information content (AvgIpc) is 3.26. The van der Waals surface area contributed by atoms with Gasteiger partial charge in [0.15, 0.2) is 17.3 Å². The smallest absolute Gasteiger partial charge is 0.206 e. The molecule has 4 aromatic rings. The number of sulfone groups is 1. The summed E-state index contributed by atoms with van der Waals surface area (Å²) in [4.78, 5) is 16.7. The van der Waals surface area contributed by atoms with Crippen molar-refractivity contribution in [2.75, 3.05) is 7.11 Å². The second-order valence-corrected chi connectivity index (χ2v) is 8.93. The molecule has 0 aliphatic rings. The van der Waals surface area contributed by atoms with Gasteiger partial charge in [0.2, 0.25) is 9.84 Å². The topological polar surface area (TPSA) is 77.7 Å². The van der Waals surface area contributed by atoms with Crippen molar-refractivity contribution in [3.8, 4) is 5.75 Å². The van der Waals surface area contributed by atoms with Crippen LogP contribution in [0.1, 0.15) is 22.3 Å². The molecule has 0 spiro atoms. The van der Waals surface area contributed by atoms with Gasteiger partial charge in [-0.2, -0.15) is 0 Å². The van der Waals surface area contributed by atoms with Crippen LogP contribution in [0.5, 0.6) is 5.75 Å². The SMILES string of the molecule is COc1cc(S(=O)(=O)c2ccc(CCC(=O)c3ccc4nccn4c3)cc2)ccc1F. The Hall–Kier alpha value is -3.52. The summed E-state index contributed by atoms with van der Waals surface area (Å²) in [6.45, 7) is 0. The molecule has 2 heterocycles. The highest BCUT2D eigenvalue weighted by Crippen LogP contribution is 2.26. The van der Waals surface area contributed by atoms with Gasteiger partial charge < -0.3 is 9.14 Å². The normalized spacial score (nSPS) is 11.5. The van der Waals surface area contributed by atoms with Gasteiger partial charge in [0.1, 0.15) is 5.65 Å². The Bertz CT molecular complexity index is 1360. The van der Waals surface area contributed by atoms with Crippen molar-refractivity contribution in [2.45, 2.75) is 22.6 Å². The summed E-state index contributed by atoms with van der Waals surface area (Å²) < 4.78 is 45.9. The number of rotatable bonds is 7. The molecule has 0 amide bonds. The van der Waals surface area contributed by atoms with E-state index in [0.29, 0.717) is 18.4 Å². The van der Waals surface area contributed by atoms with Gasteiger partial charge >= 0.3 is 0 Å². The van der Waals surface area contributed by atoms with Crippen molar-refractivity contribution in [1.29, 1.82) is 0 Å². The van der Waals surface area contributed by atoms with E-state index in [1.54, 1.807) is 47.3 Å². The lowest BCUT2D eigenvalue weighted by atomic mass is 10.0. The predicted molar refractivity (Wildman–Crippen MR) is 113 cm³/mol. The van der Waals surface area contributed by atoms with Gasteiger partial charge in [-0.25, -0.2) is 17.8 Å². The van der Waals surface area contributed by atoms with E-state index in [0.717, 1.165) is 23.3 Å². The monoisotopic (exact) mass is 438 g/mol. The van der Waals surface area contributed by atoms with E-state index in [1.165, 1.54) is 25.3 Å². The number of pyridine rings is 1. The van der Waals surface area contributed by atoms with Crippen LogP contribution < -0.4 is 4.74 Å². The van der Waals surface area contributed by atoms with Crippen molar-refractivity contribution in [3.05, 3.63) is 90.1 Å². The number of fused-ring (bicyclic) bond motifs is 1. The minimum absolute atomic E-state index is 0.00861. The number of nitrogens with zero attached hydrogens (tertiary/aromatic N) is 2. The van der Waals surface area contributed by atoms with E-state index in [1.807, 2.05) is 0 Å². The average molecular weight is 438 g/mol. The molecule has 4 rings (SSSR count). The number of ketones is 1. The van der Waals surface area contributed by atoms with Crippen molar-refractivity contribution >= 4 is 21.3 Å². The third-order valence-electron chi connectivity index (χ3n) is 5.02. The number of imidazole rings is 1. The van der Waals surface area contributed by atoms with E-state index < -0.39 is 15.7 Å². The van der Waals surface area contributed by atoms with E-state index in [9.17, 15) is 17.6 Å². The highest BCUT2D eigenvalue weighted by Gasteiger charge is 2.19. The van der Waals surface area contributed by atoms with E-state index >= 15 is 0 Å². The third-order valence-corrected chi connectivity index (χ3v) is 6.79. The second kappa shape index (κ2) is 8.31. The molecular formula is C23H19FN2O4S. The molecule has 0 atom stereocenters. The minimum atomic E-state index is -3.82. The number of halogens is 1. The molecule has 0 saturated carbocycles. The summed E-state index contributed by atoms with van der Waals surface area (Å²) in [6, 6.07) is 13.3. The van der Waals surface area contributed by atoms with Crippen molar-refractivity contribution in [1.82, 2.24) is 9.38 Å². The Labute approximate surface area is 178 Å². The van der Waals surface area contributed by atoms with Crippen LogP contribution in [0.2, 0.25) is 0 Å². The first kappa shape index (κ1) is 20.7. The molecule has 8 heteroatoms. The van der Waals surface area contributed by atoms with Gasteiger partial charge in [-0.05, 0) is 48.4 Å². The zero-order chi connectivity index (χ0) is 22.0. The van der Waals surface area contributed by atoms with Crippen LogP contribution in [0.3, 0.4) is 0 Å². The molecular weight excluding hydrogens is 419 g/mol. The zero-order valence-electron chi connectivity index (χ0n) is 16.7. The summed E-state index contributed by atoms with van der Waals surface area (Å²) >= 11 is 0. The maximum absolute atomic E-state index is 13.6. The fourth-order valence-electron chi connectivity index (χ4n) is 3.27. The lowest BCUT2D eigenvalue weighted by Crippen LogP contribution is -2.04. The van der Waals surface area contributed by atoms with Crippen LogP contribution in [-0.4, -0.2) is 30.7 Å². The number of carbonyl (C=O) groups excluding carboxylic acids is 1. The molecule has 0 bridgehead atoms. The Morgan fingerprint density at radius 2 is 1.81 bits per heavy atom. The number of hydrogen-bond donors (Lipinski definition) is 0. The Morgan fingerprint density at radius 3 is 2.55 bits per heavy atom. The maximum Gasteiger partial charge on any atom is 0.206 e. The highest BCUT2D eigenvalue weighted by atomic mass is 32.2. The van der Waals surface area contributed by atoms with Gasteiger partial charge in [-0.3, -0.25) is 4.79 Å². The van der Waals surface area contributed by atoms with E-state index in [-0.39, 0.29) is 21.3 Å². The number of benzene rings is 2. The molecule has 2 aromatic heterocycles. The molecule has 2 aromatic carbocycles. The fraction of sp³-hybridized carbons (Fsp3) is 0.130. The summed E-state index contributed by atoms with van der Waals surface area (Å²) in [5, 5.41) is 0.